The minimum atomic E-state index is -1.66. The Morgan fingerprint density at radius 3 is 2.47 bits per heavy atom. The molecule has 0 spiro atoms. The number of hydrogen-bond acceptors (Lipinski definition) is 8. The van der Waals surface area contributed by atoms with E-state index in [-0.39, 0.29) is 22.0 Å². The Balaban J connectivity index is 1.55. The Bertz CT molecular complexity index is 1460. The molecule has 3 N–H and O–H groups in total. The largest absolute Gasteiger partial charge is 0.394 e. The van der Waals surface area contributed by atoms with Crippen LogP contribution >= 0.6 is 11.6 Å². The van der Waals surface area contributed by atoms with Gasteiger partial charge in [0.05, 0.1) is 30.6 Å². The highest BCUT2D eigenvalue weighted by atomic mass is 35.5. The summed E-state index contributed by atoms with van der Waals surface area (Å²) in [7, 11) is 1.23. The lowest BCUT2D eigenvalue weighted by atomic mass is 9.88. The van der Waals surface area contributed by atoms with Crippen LogP contribution in [0.15, 0.2) is 36.5 Å². The molecular weight excluding hydrogens is 600 g/mol. The second-order valence-electron chi connectivity index (χ2n) is 10.5. The highest BCUT2D eigenvalue weighted by Gasteiger charge is 2.52. The van der Waals surface area contributed by atoms with Gasteiger partial charge in [-0.2, -0.15) is 0 Å². The van der Waals surface area contributed by atoms with Crippen LogP contribution in [0.3, 0.4) is 0 Å². The zero-order chi connectivity index (χ0) is 31.0. The van der Waals surface area contributed by atoms with Crippen molar-refractivity contribution < 1.29 is 47.1 Å². The van der Waals surface area contributed by atoms with Crippen molar-refractivity contribution in [1.82, 2.24) is 15.0 Å². The Kier molecular flexibility index (Phi) is 9.34. The average Bonchev–Trinajstić information content (AvgIpc) is 3.48. The van der Waals surface area contributed by atoms with Crippen LogP contribution in [-0.4, -0.2) is 86.5 Å². The molecule has 43 heavy (non-hydrogen) atoms. The number of halogens is 5. The van der Waals surface area contributed by atoms with Crippen LogP contribution in [0.4, 0.5) is 23.2 Å². The molecule has 1 aliphatic heterocycles. The van der Waals surface area contributed by atoms with Crippen molar-refractivity contribution in [3.05, 3.63) is 64.8 Å². The van der Waals surface area contributed by atoms with Crippen molar-refractivity contribution >= 4 is 23.2 Å². The minimum absolute atomic E-state index is 0.0947. The summed E-state index contributed by atoms with van der Waals surface area (Å²) in [6.45, 7) is -0.745. The van der Waals surface area contributed by atoms with Crippen LogP contribution in [0.1, 0.15) is 31.7 Å². The molecule has 0 radical (unpaired) electrons. The Labute approximate surface area is 248 Å². The molecule has 1 saturated heterocycles. The highest BCUT2D eigenvalue weighted by Crippen LogP contribution is 2.37. The quantitative estimate of drug-likeness (QED) is 0.269. The van der Waals surface area contributed by atoms with Crippen molar-refractivity contribution in [3.8, 4) is 11.3 Å². The molecule has 2 fully saturated rings. The van der Waals surface area contributed by atoms with E-state index in [9.17, 15) is 33.3 Å². The summed E-state index contributed by atoms with van der Waals surface area (Å²) in [6.07, 6.45) is -3.53. The van der Waals surface area contributed by atoms with Gasteiger partial charge in [-0.05, 0) is 43.2 Å². The molecule has 2 heterocycles. The van der Waals surface area contributed by atoms with Crippen molar-refractivity contribution in [3.63, 3.8) is 0 Å². The molecule has 10 nitrogen and oxygen atoms in total. The molecule has 1 amide bonds. The van der Waals surface area contributed by atoms with Gasteiger partial charge < -0.3 is 29.7 Å². The Morgan fingerprint density at radius 1 is 1.12 bits per heavy atom. The van der Waals surface area contributed by atoms with E-state index in [1.807, 2.05) is 0 Å². The van der Waals surface area contributed by atoms with Gasteiger partial charge in [0, 0.05) is 17.7 Å². The fraction of sp³-hybridized carbons (Fsp3) is 0.464. The first-order chi connectivity index (χ1) is 20.5. The highest BCUT2D eigenvalue weighted by molar-refractivity contribution is 6.31. The van der Waals surface area contributed by atoms with E-state index < -0.39 is 78.4 Å². The molecule has 0 bridgehead atoms. The SMILES string of the molecule is CO[C@@H]1[C@@H](n2cc(-c3cc(F)c(F)c(F)c3)nn2)[C@@H](O)[C@@H](CO)O[C@H]1C(=O)N(c1cc(Cl)ccc1F)[C@H]1CCCC[C@@H]1O. The normalized spacial score (nSPS) is 27.7. The zero-order valence-electron chi connectivity index (χ0n) is 22.8. The standard InChI is InChI=1S/C28H29ClF4N4O6/c1-42-26-24(36-11-18(34-35-36)13-8-16(31)23(33)17(32)9-13)25(40)22(12-38)43-27(26)28(41)37(19-4-2-3-5-21(19)39)20-10-14(29)6-7-15(20)30/h6-11,19,21-22,24-27,38-40H,2-5,12H2,1H3/t19-,21-,22+,24-,25-,26+,27+/m0/s1. The number of rotatable bonds is 7. The number of carbonyl (C=O) groups excluding carboxylic acids is 1. The first kappa shape index (κ1) is 31.3. The van der Waals surface area contributed by atoms with Crippen LogP contribution in [0, 0.1) is 23.3 Å². The average molecular weight is 629 g/mol. The van der Waals surface area contributed by atoms with E-state index in [0.717, 1.165) is 27.8 Å². The summed E-state index contributed by atoms with van der Waals surface area (Å²) >= 11 is 6.16. The number of amides is 1. The molecular formula is C28H29ClF4N4O6. The predicted octanol–water partition coefficient (Wildman–Crippen LogP) is 3.17. The molecule has 1 aromatic heterocycles. The number of nitrogens with zero attached hydrogens (tertiary/aromatic N) is 4. The number of aliphatic hydroxyl groups is 3. The maximum absolute atomic E-state index is 15.2. The van der Waals surface area contributed by atoms with E-state index >= 15 is 4.39 Å². The number of anilines is 1. The van der Waals surface area contributed by atoms with Crippen molar-refractivity contribution in [2.45, 2.75) is 68.3 Å². The van der Waals surface area contributed by atoms with Gasteiger partial charge in [-0.1, -0.05) is 29.7 Å². The maximum atomic E-state index is 15.2. The van der Waals surface area contributed by atoms with E-state index in [1.165, 1.54) is 25.4 Å². The van der Waals surface area contributed by atoms with E-state index in [1.54, 1.807) is 0 Å². The monoisotopic (exact) mass is 628 g/mol. The topological polar surface area (TPSA) is 130 Å². The summed E-state index contributed by atoms with van der Waals surface area (Å²) in [4.78, 5) is 15.4. The smallest absolute Gasteiger partial charge is 0.259 e. The Hall–Kier alpha value is -3.14. The molecule has 1 saturated carbocycles. The van der Waals surface area contributed by atoms with Gasteiger partial charge in [0.2, 0.25) is 0 Å². The summed E-state index contributed by atoms with van der Waals surface area (Å²) in [5.41, 5.74) is -0.449. The van der Waals surface area contributed by atoms with Crippen LogP contribution in [0.2, 0.25) is 5.02 Å². The van der Waals surface area contributed by atoms with Gasteiger partial charge in [0.1, 0.15) is 35.9 Å². The first-order valence-corrected chi connectivity index (χ1v) is 13.9. The summed E-state index contributed by atoms with van der Waals surface area (Å²) in [5, 5.41) is 40.0. The summed E-state index contributed by atoms with van der Waals surface area (Å²) in [6, 6.07) is 2.97. The fourth-order valence-electron chi connectivity index (χ4n) is 5.78. The molecule has 0 unspecified atom stereocenters. The number of ether oxygens (including phenoxy) is 2. The van der Waals surface area contributed by atoms with Crippen LogP contribution in [0.25, 0.3) is 11.3 Å². The summed E-state index contributed by atoms with van der Waals surface area (Å²) in [5.74, 6) is -6.18. The lowest BCUT2D eigenvalue weighted by Gasteiger charge is -2.46. The molecule has 1 aliphatic carbocycles. The van der Waals surface area contributed by atoms with Gasteiger partial charge in [0.15, 0.2) is 23.6 Å². The fourth-order valence-corrected chi connectivity index (χ4v) is 5.95. The minimum Gasteiger partial charge on any atom is -0.394 e. The van der Waals surface area contributed by atoms with Crippen molar-refractivity contribution in [2.24, 2.45) is 0 Å². The van der Waals surface area contributed by atoms with E-state index in [2.05, 4.69) is 10.3 Å². The number of carbonyl (C=O) groups is 1. The lowest BCUT2D eigenvalue weighted by molar-refractivity contribution is -0.211. The predicted molar refractivity (Wildman–Crippen MR) is 144 cm³/mol. The second kappa shape index (κ2) is 12.8. The number of aromatic nitrogens is 3. The molecule has 5 rings (SSSR count). The van der Waals surface area contributed by atoms with Gasteiger partial charge in [-0.3, -0.25) is 4.79 Å². The third-order valence-electron chi connectivity index (χ3n) is 7.91. The van der Waals surface area contributed by atoms with E-state index in [4.69, 9.17) is 21.1 Å². The van der Waals surface area contributed by atoms with Crippen LogP contribution < -0.4 is 4.90 Å². The van der Waals surface area contributed by atoms with Crippen LogP contribution in [-0.2, 0) is 14.3 Å². The van der Waals surface area contributed by atoms with Gasteiger partial charge in [-0.15, -0.1) is 5.10 Å². The number of aliphatic hydroxyl groups excluding tert-OH is 3. The van der Waals surface area contributed by atoms with Crippen LogP contribution in [0.5, 0.6) is 0 Å². The number of methoxy groups -OCH3 is 1. The van der Waals surface area contributed by atoms with E-state index in [0.29, 0.717) is 25.7 Å². The van der Waals surface area contributed by atoms with Gasteiger partial charge in [0.25, 0.3) is 5.91 Å². The zero-order valence-corrected chi connectivity index (χ0v) is 23.5. The number of benzene rings is 2. The van der Waals surface area contributed by atoms with Gasteiger partial charge in [-0.25, -0.2) is 22.2 Å². The summed E-state index contributed by atoms with van der Waals surface area (Å²) < 4.78 is 69.0. The third-order valence-corrected chi connectivity index (χ3v) is 8.14. The van der Waals surface area contributed by atoms with Crippen molar-refractivity contribution in [1.29, 1.82) is 0 Å². The molecule has 2 aliphatic rings. The molecule has 3 aromatic rings. The molecule has 232 valence electrons. The molecule has 15 heteroatoms. The lowest BCUT2D eigenvalue weighted by Crippen LogP contribution is -2.63. The molecule has 7 atom stereocenters. The number of hydrogen-bond donors (Lipinski definition) is 3. The third kappa shape index (κ3) is 5.99. The maximum Gasteiger partial charge on any atom is 0.259 e. The van der Waals surface area contributed by atoms with Crippen molar-refractivity contribution in [2.75, 3.05) is 18.6 Å². The first-order valence-electron chi connectivity index (χ1n) is 13.6. The van der Waals surface area contributed by atoms with Gasteiger partial charge >= 0.3 is 0 Å². The Morgan fingerprint density at radius 2 is 1.81 bits per heavy atom. The molecule has 2 aromatic carbocycles. The second-order valence-corrected chi connectivity index (χ2v) is 11.0.